The van der Waals surface area contributed by atoms with Crippen molar-refractivity contribution in [3.63, 3.8) is 0 Å². The molecule has 34 heavy (non-hydrogen) atoms. The van der Waals surface area contributed by atoms with E-state index < -0.39 is 11.0 Å². The Kier molecular flexibility index (Phi) is 8.61. The van der Waals surface area contributed by atoms with Gasteiger partial charge in [-0.2, -0.15) is 4.99 Å². The molecule has 0 bridgehead atoms. The summed E-state index contributed by atoms with van der Waals surface area (Å²) >= 11 is 1.30. The topological polar surface area (TPSA) is 126 Å². The predicted octanol–water partition coefficient (Wildman–Crippen LogP) is 2.15. The zero-order valence-electron chi connectivity index (χ0n) is 19.5. The highest BCUT2D eigenvalue weighted by molar-refractivity contribution is 8.14. The van der Waals surface area contributed by atoms with Crippen LogP contribution >= 0.6 is 11.8 Å². The van der Waals surface area contributed by atoms with Crippen LogP contribution < -0.4 is 0 Å². The molecule has 2 aliphatic rings. The lowest BCUT2D eigenvalue weighted by Crippen LogP contribution is -2.54. The molecule has 2 atom stereocenters. The number of nitro benzene ring substituents is 1. The molecule has 11 nitrogen and oxygen atoms in total. The minimum Gasteiger partial charge on any atom is -0.443 e. The van der Waals surface area contributed by atoms with Crippen LogP contribution in [0, 0.1) is 10.1 Å². The number of likely N-dealkylation sites (N-methyl/N-ethyl adjacent to an activating group) is 1. The fourth-order valence-electron chi connectivity index (χ4n) is 4.12. The van der Waals surface area contributed by atoms with Crippen molar-refractivity contribution in [2.75, 3.05) is 39.8 Å². The number of carbonyl (C=O) groups excluding carboxylic acids is 3. The maximum atomic E-state index is 13.0. The molecule has 2 heterocycles. The number of amides is 2. The highest BCUT2D eigenvalue weighted by Crippen LogP contribution is 2.28. The minimum absolute atomic E-state index is 0.0316. The SMILES string of the molecule is CC(=O)S[C@H]1C[C@@H](C(=O)N2CCN(C(C)=NC(=O)OCc3ccc([N+](=O)[O-])cc3)CC2)N(C)C1. The van der Waals surface area contributed by atoms with Crippen LogP contribution in [0.2, 0.25) is 0 Å². The summed E-state index contributed by atoms with van der Waals surface area (Å²) in [6, 6.07) is 5.54. The second kappa shape index (κ2) is 11.4. The van der Waals surface area contributed by atoms with E-state index in [1.54, 1.807) is 13.8 Å². The summed E-state index contributed by atoms with van der Waals surface area (Å²) in [6.07, 6.45) is -0.0723. The highest BCUT2D eigenvalue weighted by atomic mass is 32.2. The van der Waals surface area contributed by atoms with Gasteiger partial charge in [-0.25, -0.2) is 4.79 Å². The monoisotopic (exact) mass is 491 g/mol. The number of piperazine rings is 1. The molecule has 184 valence electrons. The first-order valence-electron chi connectivity index (χ1n) is 11.0. The molecule has 2 aliphatic heterocycles. The van der Waals surface area contributed by atoms with Crippen LogP contribution in [-0.4, -0.2) is 93.6 Å². The Labute approximate surface area is 202 Å². The van der Waals surface area contributed by atoms with Crippen LogP contribution in [0.15, 0.2) is 29.3 Å². The molecule has 3 rings (SSSR count). The Morgan fingerprint density at radius 1 is 1.12 bits per heavy atom. The molecule has 2 saturated heterocycles. The summed E-state index contributed by atoms with van der Waals surface area (Å²) in [5.74, 6) is 0.586. The Morgan fingerprint density at radius 2 is 1.74 bits per heavy atom. The Morgan fingerprint density at radius 3 is 2.32 bits per heavy atom. The molecule has 0 aliphatic carbocycles. The third-order valence-electron chi connectivity index (χ3n) is 5.94. The van der Waals surface area contributed by atoms with Crippen molar-refractivity contribution in [3.8, 4) is 0 Å². The zero-order valence-corrected chi connectivity index (χ0v) is 20.3. The number of thioether (sulfide) groups is 1. The summed E-state index contributed by atoms with van der Waals surface area (Å²) < 4.78 is 5.15. The van der Waals surface area contributed by atoms with Crippen LogP contribution in [0.5, 0.6) is 0 Å². The smallest absolute Gasteiger partial charge is 0.435 e. The fourth-order valence-corrected chi connectivity index (χ4v) is 5.17. The van der Waals surface area contributed by atoms with E-state index in [0.717, 1.165) is 0 Å². The molecule has 1 aromatic carbocycles. The molecule has 0 saturated carbocycles. The molecule has 0 N–H and O–H groups in total. The van der Waals surface area contributed by atoms with E-state index in [0.29, 0.717) is 50.5 Å². The third-order valence-corrected chi connectivity index (χ3v) is 6.95. The number of non-ortho nitro benzene ring substituents is 1. The lowest BCUT2D eigenvalue weighted by atomic mass is 10.1. The molecular weight excluding hydrogens is 462 g/mol. The van der Waals surface area contributed by atoms with Crippen molar-refractivity contribution in [3.05, 3.63) is 39.9 Å². The highest BCUT2D eigenvalue weighted by Gasteiger charge is 2.38. The number of aliphatic imine (C=N–C) groups is 1. The molecule has 2 amide bonds. The number of ether oxygens (including phenoxy) is 1. The van der Waals surface area contributed by atoms with Crippen molar-refractivity contribution < 1.29 is 24.0 Å². The molecule has 0 radical (unpaired) electrons. The van der Waals surface area contributed by atoms with Crippen LogP contribution in [0.3, 0.4) is 0 Å². The number of hydrogen-bond donors (Lipinski definition) is 0. The molecule has 2 fully saturated rings. The number of likely N-dealkylation sites (tertiary alicyclic amines) is 1. The van der Waals surface area contributed by atoms with Crippen LogP contribution in [-0.2, 0) is 20.9 Å². The normalized spacial score (nSPS) is 21.4. The quantitative estimate of drug-likeness (QED) is 0.263. The van der Waals surface area contributed by atoms with Gasteiger partial charge in [-0.3, -0.25) is 24.6 Å². The van der Waals surface area contributed by atoms with Crippen LogP contribution in [0.4, 0.5) is 10.5 Å². The maximum Gasteiger partial charge on any atom is 0.435 e. The first-order chi connectivity index (χ1) is 16.1. The average Bonchev–Trinajstić information content (AvgIpc) is 3.16. The van der Waals surface area contributed by atoms with Crippen LogP contribution in [0.25, 0.3) is 0 Å². The van der Waals surface area contributed by atoms with Gasteiger partial charge in [0.1, 0.15) is 12.4 Å². The van der Waals surface area contributed by atoms with Crippen molar-refractivity contribution in [2.24, 2.45) is 4.99 Å². The van der Waals surface area contributed by atoms with Crippen molar-refractivity contribution in [1.82, 2.24) is 14.7 Å². The molecule has 0 unspecified atom stereocenters. The fraction of sp³-hybridized carbons (Fsp3) is 0.545. The molecule has 0 aromatic heterocycles. The van der Waals surface area contributed by atoms with E-state index in [1.807, 2.05) is 21.7 Å². The number of rotatable bonds is 5. The van der Waals surface area contributed by atoms with E-state index >= 15 is 0 Å². The molecule has 12 heteroatoms. The standard InChI is InChI=1S/C22H29N5O6S/c1-15(23-22(30)33-14-17-4-6-18(7-5-17)27(31)32)25-8-10-26(11-9-25)21(29)20-12-19(13-24(20)3)34-16(2)28/h4-7,19-20H,8-14H2,1-3H3/t19-,20-/m0/s1. The Balaban J connectivity index is 1.45. The summed E-state index contributed by atoms with van der Waals surface area (Å²) in [6.45, 7) is 6.11. The second-order valence-corrected chi connectivity index (χ2v) is 9.85. The van der Waals surface area contributed by atoms with E-state index in [9.17, 15) is 24.5 Å². The van der Waals surface area contributed by atoms with Gasteiger partial charge in [0, 0.05) is 57.0 Å². The molecular formula is C22H29N5O6S. The van der Waals surface area contributed by atoms with Gasteiger partial charge in [-0.05, 0) is 38.1 Å². The van der Waals surface area contributed by atoms with E-state index in [-0.39, 0.29) is 34.6 Å². The van der Waals surface area contributed by atoms with Gasteiger partial charge < -0.3 is 14.5 Å². The van der Waals surface area contributed by atoms with E-state index in [4.69, 9.17) is 4.74 Å². The van der Waals surface area contributed by atoms with Crippen molar-refractivity contribution >= 4 is 40.4 Å². The molecule has 0 spiro atoms. The van der Waals surface area contributed by atoms with Gasteiger partial charge in [-0.15, -0.1) is 0 Å². The number of amidine groups is 1. The van der Waals surface area contributed by atoms with E-state index in [1.165, 1.54) is 36.0 Å². The average molecular weight is 492 g/mol. The van der Waals surface area contributed by atoms with Gasteiger partial charge >= 0.3 is 6.09 Å². The van der Waals surface area contributed by atoms with Crippen molar-refractivity contribution in [2.45, 2.75) is 38.2 Å². The maximum absolute atomic E-state index is 13.0. The van der Waals surface area contributed by atoms with Gasteiger partial charge in [-0.1, -0.05) is 11.8 Å². The largest absolute Gasteiger partial charge is 0.443 e. The minimum atomic E-state index is -0.740. The number of hydrogen-bond acceptors (Lipinski definition) is 8. The van der Waals surface area contributed by atoms with Gasteiger partial charge in [0.05, 0.1) is 11.0 Å². The number of nitro groups is 1. The lowest BCUT2D eigenvalue weighted by molar-refractivity contribution is -0.384. The summed E-state index contributed by atoms with van der Waals surface area (Å²) in [5.41, 5.74) is 0.593. The van der Waals surface area contributed by atoms with Crippen LogP contribution in [0.1, 0.15) is 25.8 Å². The number of benzene rings is 1. The summed E-state index contributed by atoms with van der Waals surface area (Å²) in [5, 5.41) is 10.9. The Bertz CT molecular complexity index is 961. The predicted molar refractivity (Wildman–Crippen MR) is 128 cm³/mol. The third kappa shape index (κ3) is 6.76. The number of nitrogens with zero attached hydrogens (tertiary/aromatic N) is 5. The zero-order chi connectivity index (χ0) is 24.8. The lowest BCUT2D eigenvalue weighted by Gasteiger charge is -2.37. The van der Waals surface area contributed by atoms with Crippen molar-refractivity contribution in [1.29, 1.82) is 0 Å². The summed E-state index contributed by atoms with van der Waals surface area (Å²) in [4.78, 5) is 56.5. The number of carbonyl (C=O) groups is 3. The second-order valence-electron chi connectivity index (χ2n) is 8.37. The Hall–Kier alpha value is -2.99. The first kappa shape index (κ1) is 25.6. The first-order valence-corrected chi connectivity index (χ1v) is 11.9. The van der Waals surface area contributed by atoms with Gasteiger partial charge in [0.25, 0.3) is 5.69 Å². The van der Waals surface area contributed by atoms with E-state index in [2.05, 4.69) is 4.99 Å². The van der Waals surface area contributed by atoms with Gasteiger partial charge in [0.2, 0.25) is 5.91 Å². The van der Waals surface area contributed by atoms with Gasteiger partial charge in [0.15, 0.2) is 5.12 Å². The molecule has 1 aromatic rings. The summed E-state index contributed by atoms with van der Waals surface area (Å²) in [7, 11) is 1.92.